The summed E-state index contributed by atoms with van der Waals surface area (Å²) in [6.45, 7) is 2.83. The number of rotatable bonds is 9. The van der Waals surface area contributed by atoms with Crippen LogP contribution in [0.3, 0.4) is 0 Å². The maximum atomic E-state index is 14.0. The van der Waals surface area contributed by atoms with Crippen LogP contribution in [0.2, 0.25) is 10.0 Å². The van der Waals surface area contributed by atoms with Crippen LogP contribution in [-0.2, 0) is 30.3 Å². The van der Waals surface area contributed by atoms with E-state index >= 15 is 0 Å². The molecule has 6 rings (SSSR count). The van der Waals surface area contributed by atoms with E-state index < -0.39 is 23.8 Å². The first-order valence-corrected chi connectivity index (χ1v) is 17.9. The molecule has 3 saturated heterocycles. The fourth-order valence-electron chi connectivity index (χ4n) is 7.94. The van der Waals surface area contributed by atoms with Gasteiger partial charge in [0.25, 0.3) is 0 Å². The van der Waals surface area contributed by atoms with Gasteiger partial charge in [0.15, 0.2) is 0 Å². The number of carbonyl (C=O) groups is 3. The highest BCUT2D eigenvalue weighted by Gasteiger charge is 2.46. The van der Waals surface area contributed by atoms with Crippen LogP contribution < -0.4 is 0 Å². The van der Waals surface area contributed by atoms with Gasteiger partial charge in [-0.2, -0.15) is 0 Å². The number of piperidine rings is 1. The molecule has 0 N–H and O–H groups in total. The Morgan fingerprint density at radius 1 is 0.957 bits per heavy atom. The number of carbonyl (C=O) groups excluding carboxylic acids is 3. The van der Waals surface area contributed by atoms with Crippen molar-refractivity contribution in [3.63, 3.8) is 0 Å². The number of hydrogen-bond acceptors (Lipinski definition) is 10. The average Bonchev–Trinajstić information content (AvgIpc) is 3.65. The molecule has 13 heteroatoms. The number of fused-ring (bicyclic) bond motifs is 2. The van der Waals surface area contributed by atoms with Crippen molar-refractivity contribution < 1.29 is 23.9 Å². The van der Waals surface area contributed by atoms with Gasteiger partial charge in [0.1, 0.15) is 5.92 Å². The average molecular weight is 703 g/mol. The molecule has 1 aromatic carbocycles. The van der Waals surface area contributed by atoms with Gasteiger partial charge in [-0.25, -0.2) is 9.78 Å². The molecular weight excluding hydrogens is 661 g/mol. The van der Waals surface area contributed by atoms with E-state index in [-0.39, 0.29) is 33.6 Å². The molecule has 0 spiro atoms. The van der Waals surface area contributed by atoms with Crippen LogP contribution >= 0.6 is 34.5 Å². The number of aryl methyl sites for hydroxylation is 1. The Morgan fingerprint density at radius 2 is 1.64 bits per heavy atom. The van der Waals surface area contributed by atoms with Gasteiger partial charge in [0.05, 0.1) is 36.9 Å². The Labute approximate surface area is 289 Å². The second-order valence-electron chi connectivity index (χ2n) is 12.8. The van der Waals surface area contributed by atoms with Crippen molar-refractivity contribution in [2.45, 2.75) is 69.0 Å². The molecule has 5 heterocycles. The van der Waals surface area contributed by atoms with E-state index in [2.05, 4.69) is 21.8 Å². The third-order valence-corrected chi connectivity index (χ3v) is 11.9. The highest BCUT2D eigenvalue weighted by Crippen LogP contribution is 2.46. The molecule has 4 aliphatic heterocycles. The summed E-state index contributed by atoms with van der Waals surface area (Å²) in [6, 6.07) is 6.88. The first-order valence-electron chi connectivity index (χ1n) is 16.2. The molecule has 4 atom stereocenters. The minimum atomic E-state index is -1.02. The number of methoxy groups -OCH3 is 2. The number of benzene rings is 1. The monoisotopic (exact) mass is 701 g/mol. The highest BCUT2D eigenvalue weighted by molar-refractivity contribution is 7.09. The van der Waals surface area contributed by atoms with E-state index in [0.717, 1.165) is 18.1 Å². The van der Waals surface area contributed by atoms with Crippen molar-refractivity contribution in [2.75, 3.05) is 47.4 Å². The number of ether oxygens (including phenoxy) is 2. The molecule has 252 valence electrons. The summed E-state index contributed by atoms with van der Waals surface area (Å²) in [4.78, 5) is 57.4. The molecular formula is C34H41Cl2N5O5S. The van der Waals surface area contributed by atoms with E-state index in [9.17, 15) is 14.4 Å². The zero-order chi connectivity index (χ0) is 33.2. The number of thiazole rings is 1. The summed E-state index contributed by atoms with van der Waals surface area (Å²) in [5.41, 5.74) is 1.21. The summed E-state index contributed by atoms with van der Waals surface area (Å²) in [5, 5.41) is 3.32. The molecule has 4 aliphatic rings. The van der Waals surface area contributed by atoms with Gasteiger partial charge in [-0.1, -0.05) is 29.3 Å². The summed E-state index contributed by atoms with van der Waals surface area (Å²) >= 11 is 15.0. The third kappa shape index (κ3) is 7.01. The largest absolute Gasteiger partial charge is 0.468 e. The number of halogens is 2. The van der Waals surface area contributed by atoms with E-state index in [1.165, 1.54) is 51.2 Å². The Hall–Kier alpha value is -2.83. The normalized spacial score (nSPS) is 26.7. The molecule has 47 heavy (non-hydrogen) atoms. The van der Waals surface area contributed by atoms with Crippen LogP contribution in [0.15, 0.2) is 46.0 Å². The molecule has 0 radical (unpaired) electrons. The second kappa shape index (κ2) is 14.7. The molecule has 2 bridgehead atoms. The summed E-state index contributed by atoms with van der Waals surface area (Å²) in [5.74, 6) is -3.41. The van der Waals surface area contributed by atoms with Gasteiger partial charge in [-0.05, 0) is 56.8 Å². The Balaban J connectivity index is 1.30. The minimum Gasteiger partial charge on any atom is -0.468 e. The van der Waals surface area contributed by atoms with Crippen LogP contribution in [0.25, 0.3) is 0 Å². The standard InChI is InChI=1S/C34H41Cl2N5O5S/c1-39-20-7-8-21(39)18-22(17-20)40-12-14-41(15-13-40)28(42)19-26-31(34(44)46-3)32(29-23(35)5-4-6-24(29)36)30(33(43)45-2)25(38-26)9-10-27-37-11-16-47-27/h4-6,11,16,20-22,30,32H,7-10,12-15,17-19H2,1-3H3. The zero-order valence-corrected chi connectivity index (χ0v) is 29.3. The number of nitrogens with zero attached hydrogens (tertiary/aromatic N) is 5. The summed E-state index contributed by atoms with van der Waals surface area (Å²) in [6.07, 6.45) is 7.38. The number of hydrogen-bond donors (Lipinski definition) is 0. The molecule has 4 unspecified atom stereocenters. The maximum absolute atomic E-state index is 14.0. The minimum absolute atomic E-state index is 0.0877. The van der Waals surface area contributed by atoms with Gasteiger partial charge in [0.2, 0.25) is 5.91 Å². The van der Waals surface area contributed by atoms with Gasteiger partial charge >= 0.3 is 11.9 Å². The topological polar surface area (TPSA) is 105 Å². The summed E-state index contributed by atoms with van der Waals surface area (Å²) < 4.78 is 10.5. The van der Waals surface area contributed by atoms with E-state index in [1.807, 2.05) is 10.3 Å². The lowest BCUT2D eigenvalue weighted by molar-refractivity contribution is -0.143. The van der Waals surface area contributed by atoms with Crippen molar-refractivity contribution in [1.29, 1.82) is 0 Å². The lowest BCUT2D eigenvalue weighted by atomic mass is 9.74. The first-order chi connectivity index (χ1) is 22.7. The quantitative estimate of drug-likeness (QED) is 0.337. The molecule has 0 aliphatic carbocycles. The zero-order valence-electron chi connectivity index (χ0n) is 27.0. The van der Waals surface area contributed by atoms with Crippen molar-refractivity contribution in [3.8, 4) is 0 Å². The van der Waals surface area contributed by atoms with Crippen LogP contribution in [0, 0.1) is 5.92 Å². The molecule has 0 saturated carbocycles. The molecule has 3 fully saturated rings. The van der Waals surface area contributed by atoms with E-state index in [1.54, 1.807) is 24.4 Å². The second-order valence-corrected chi connectivity index (χ2v) is 14.6. The van der Waals surface area contributed by atoms with Crippen molar-refractivity contribution >= 4 is 58.1 Å². The fraction of sp³-hybridized carbons (Fsp3) is 0.559. The first kappa shape index (κ1) is 34.0. The Bertz CT molecular complexity index is 1520. The highest BCUT2D eigenvalue weighted by atomic mass is 35.5. The number of esters is 2. The van der Waals surface area contributed by atoms with Crippen LogP contribution in [0.1, 0.15) is 55.0 Å². The van der Waals surface area contributed by atoms with Gasteiger partial charge in [-0.3, -0.25) is 19.5 Å². The molecule has 10 nitrogen and oxygen atoms in total. The molecule has 1 amide bonds. The lowest BCUT2D eigenvalue weighted by Crippen LogP contribution is -2.55. The van der Waals surface area contributed by atoms with Crippen molar-refractivity contribution in [2.24, 2.45) is 10.9 Å². The predicted molar refractivity (Wildman–Crippen MR) is 182 cm³/mol. The predicted octanol–water partition coefficient (Wildman–Crippen LogP) is 5.00. The lowest BCUT2D eigenvalue weighted by Gasteiger charge is -2.45. The smallest absolute Gasteiger partial charge is 0.336 e. The Morgan fingerprint density at radius 3 is 2.23 bits per heavy atom. The van der Waals surface area contributed by atoms with Gasteiger partial charge in [-0.15, -0.1) is 11.3 Å². The molecule has 2 aromatic rings. The van der Waals surface area contributed by atoms with Crippen molar-refractivity contribution in [1.82, 2.24) is 19.7 Å². The van der Waals surface area contributed by atoms with E-state index in [4.69, 9.17) is 37.7 Å². The van der Waals surface area contributed by atoms with Crippen molar-refractivity contribution in [3.05, 3.63) is 61.7 Å². The SMILES string of the molecule is COC(=O)C1=C(CC(=O)N2CCN(C3CC4CCC(C3)N4C)CC2)N=C(CCc2nccs2)C(C(=O)OC)C1c1c(Cl)cccc1Cl. The number of aliphatic imine (C=N–C) groups is 1. The number of amides is 1. The summed E-state index contributed by atoms with van der Waals surface area (Å²) in [7, 11) is 4.81. The third-order valence-electron chi connectivity index (χ3n) is 10.4. The van der Waals surface area contributed by atoms with Gasteiger partial charge in [0, 0.05) is 84.0 Å². The van der Waals surface area contributed by atoms with Gasteiger partial charge < -0.3 is 19.3 Å². The van der Waals surface area contributed by atoms with Crippen LogP contribution in [-0.4, -0.2) is 109 Å². The maximum Gasteiger partial charge on any atom is 0.336 e. The van der Waals surface area contributed by atoms with Crippen LogP contribution in [0.4, 0.5) is 0 Å². The van der Waals surface area contributed by atoms with E-state index in [0.29, 0.717) is 55.3 Å². The molecule has 1 aromatic heterocycles. The fourth-order valence-corrected chi connectivity index (χ4v) is 9.20. The number of piperazine rings is 1. The number of aromatic nitrogens is 1. The van der Waals surface area contributed by atoms with Crippen LogP contribution in [0.5, 0.6) is 0 Å². The Kier molecular flexibility index (Phi) is 10.7.